The SMILES string of the molecule is CC(O)C(=O)O.COc1cc2c(cc1OC)CC(=O)N(CCCN(C)C[C@H]1Cc3cc(OC)c(OC)cc31)CC2. The van der Waals surface area contributed by atoms with Gasteiger partial charge in [0, 0.05) is 25.6 Å². The van der Waals surface area contributed by atoms with Gasteiger partial charge in [-0.1, -0.05) is 0 Å². The molecule has 2 aliphatic rings. The molecule has 4 rings (SSSR count). The van der Waals surface area contributed by atoms with Gasteiger partial charge < -0.3 is 39.0 Å². The normalized spacial score (nSPS) is 16.4. The number of nitrogens with zero attached hydrogens (tertiary/aromatic N) is 2. The maximum Gasteiger partial charge on any atom is 0.332 e. The van der Waals surface area contributed by atoms with E-state index in [1.165, 1.54) is 23.6 Å². The summed E-state index contributed by atoms with van der Waals surface area (Å²) in [4.78, 5) is 26.7. The quantitative estimate of drug-likeness (QED) is 0.429. The van der Waals surface area contributed by atoms with E-state index in [0.717, 1.165) is 68.3 Å². The molecule has 1 amide bonds. The lowest BCUT2D eigenvalue weighted by Gasteiger charge is -2.34. The molecule has 0 aromatic heterocycles. The van der Waals surface area contributed by atoms with E-state index >= 15 is 0 Å². The van der Waals surface area contributed by atoms with E-state index in [4.69, 9.17) is 29.2 Å². The van der Waals surface area contributed by atoms with Gasteiger partial charge in [0.1, 0.15) is 6.10 Å². The number of aliphatic hydroxyl groups is 1. The lowest BCUT2D eigenvalue weighted by molar-refractivity contribution is -0.145. The van der Waals surface area contributed by atoms with Gasteiger partial charge in [-0.2, -0.15) is 0 Å². The Hall–Kier alpha value is -3.50. The highest BCUT2D eigenvalue weighted by molar-refractivity contribution is 5.80. The maximum absolute atomic E-state index is 12.9. The molecule has 0 spiro atoms. The van der Waals surface area contributed by atoms with Gasteiger partial charge >= 0.3 is 5.97 Å². The first-order valence-electron chi connectivity index (χ1n) is 13.5. The zero-order valence-electron chi connectivity index (χ0n) is 24.4. The summed E-state index contributed by atoms with van der Waals surface area (Å²) in [5.41, 5.74) is 4.91. The smallest absolute Gasteiger partial charge is 0.332 e. The van der Waals surface area contributed by atoms with Crippen molar-refractivity contribution in [3.8, 4) is 23.0 Å². The van der Waals surface area contributed by atoms with Gasteiger partial charge in [0.05, 0.1) is 34.9 Å². The van der Waals surface area contributed by atoms with Crippen molar-refractivity contribution in [1.82, 2.24) is 9.80 Å². The van der Waals surface area contributed by atoms with E-state index in [9.17, 15) is 9.59 Å². The minimum Gasteiger partial charge on any atom is -0.493 e. The van der Waals surface area contributed by atoms with Gasteiger partial charge in [0.2, 0.25) is 5.91 Å². The summed E-state index contributed by atoms with van der Waals surface area (Å²) in [6.45, 7) is 4.67. The average molecular weight is 559 g/mol. The molecule has 1 unspecified atom stereocenters. The Balaban J connectivity index is 0.000000663. The van der Waals surface area contributed by atoms with Crippen molar-refractivity contribution in [2.75, 3.05) is 61.7 Å². The Morgan fingerprint density at radius 3 is 2.05 bits per heavy atom. The molecule has 2 aromatic carbocycles. The number of fused-ring (bicyclic) bond motifs is 2. The van der Waals surface area contributed by atoms with Gasteiger partial charge in [-0.25, -0.2) is 4.79 Å². The van der Waals surface area contributed by atoms with Crippen LogP contribution in [0, 0.1) is 0 Å². The van der Waals surface area contributed by atoms with Crippen molar-refractivity contribution >= 4 is 11.9 Å². The van der Waals surface area contributed by atoms with Crippen LogP contribution in [-0.4, -0.2) is 99.7 Å². The summed E-state index contributed by atoms with van der Waals surface area (Å²) in [6.07, 6.45) is 2.04. The van der Waals surface area contributed by atoms with E-state index in [1.54, 1.807) is 28.4 Å². The van der Waals surface area contributed by atoms with Gasteiger partial charge in [0.15, 0.2) is 23.0 Å². The molecule has 0 saturated carbocycles. The minimum absolute atomic E-state index is 0.183. The predicted molar refractivity (Wildman–Crippen MR) is 151 cm³/mol. The summed E-state index contributed by atoms with van der Waals surface area (Å²) >= 11 is 0. The third kappa shape index (κ3) is 7.57. The Bertz CT molecular complexity index is 1180. The summed E-state index contributed by atoms with van der Waals surface area (Å²) in [6, 6.07) is 8.18. The van der Waals surface area contributed by atoms with Crippen LogP contribution >= 0.6 is 0 Å². The number of carboxylic acid groups (broad SMARTS) is 1. The van der Waals surface area contributed by atoms with Crippen molar-refractivity contribution in [2.45, 2.75) is 44.6 Å². The second-order valence-electron chi connectivity index (χ2n) is 10.2. The minimum atomic E-state index is -1.23. The van der Waals surface area contributed by atoms with Gasteiger partial charge in [0.25, 0.3) is 0 Å². The highest BCUT2D eigenvalue weighted by Gasteiger charge is 2.29. The molecule has 2 atom stereocenters. The van der Waals surface area contributed by atoms with Crippen LogP contribution in [0.1, 0.15) is 41.5 Å². The van der Waals surface area contributed by atoms with Crippen LogP contribution in [0.4, 0.5) is 0 Å². The van der Waals surface area contributed by atoms with E-state index in [2.05, 4.69) is 24.1 Å². The summed E-state index contributed by atoms with van der Waals surface area (Å²) in [7, 11) is 8.79. The van der Waals surface area contributed by atoms with Crippen molar-refractivity contribution < 1.29 is 38.7 Å². The number of hydrogen-bond donors (Lipinski definition) is 2. The maximum atomic E-state index is 12.9. The number of aliphatic carboxylic acids is 1. The first-order chi connectivity index (χ1) is 19.1. The van der Waals surface area contributed by atoms with Gasteiger partial charge in [-0.15, -0.1) is 0 Å². The fourth-order valence-corrected chi connectivity index (χ4v) is 5.15. The number of amides is 1. The monoisotopic (exact) mass is 558 g/mol. The molecule has 2 N–H and O–H groups in total. The molecular formula is C30H42N2O8. The van der Waals surface area contributed by atoms with E-state index in [1.807, 2.05) is 17.0 Å². The Morgan fingerprint density at radius 2 is 1.50 bits per heavy atom. The summed E-state index contributed by atoms with van der Waals surface area (Å²) < 4.78 is 21.7. The van der Waals surface area contributed by atoms with Crippen molar-refractivity contribution in [3.63, 3.8) is 0 Å². The number of rotatable bonds is 11. The second kappa shape index (κ2) is 14.2. The lowest BCUT2D eigenvalue weighted by atomic mass is 9.77. The number of ether oxygens (including phenoxy) is 4. The van der Waals surface area contributed by atoms with Gasteiger partial charge in [-0.3, -0.25) is 4.79 Å². The first kappa shape index (κ1) is 31.0. The van der Waals surface area contributed by atoms with Crippen LogP contribution in [0.25, 0.3) is 0 Å². The summed E-state index contributed by atoms with van der Waals surface area (Å²) in [5, 5.41) is 15.8. The predicted octanol–water partition coefficient (Wildman–Crippen LogP) is 2.76. The number of likely N-dealkylation sites (N-methyl/N-ethyl adjacent to an activating group) is 1. The van der Waals surface area contributed by atoms with Crippen molar-refractivity contribution in [3.05, 3.63) is 46.5 Å². The summed E-state index contributed by atoms with van der Waals surface area (Å²) in [5.74, 6) is 2.51. The Kier molecular flexibility index (Phi) is 11.0. The topological polar surface area (TPSA) is 118 Å². The average Bonchev–Trinajstić information content (AvgIpc) is 3.08. The largest absolute Gasteiger partial charge is 0.493 e. The van der Waals surface area contributed by atoms with Crippen LogP contribution in [0.15, 0.2) is 24.3 Å². The van der Waals surface area contributed by atoms with Crippen LogP contribution in [0.5, 0.6) is 23.0 Å². The molecule has 1 aliphatic carbocycles. The molecule has 0 saturated heterocycles. The number of hydrogen-bond acceptors (Lipinski definition) is 8. The molecule has 10 nitrogen and oxygen atoms in total. The molecule has 1 heterocycles. The number of carbonyl (C=O) groups is 2. The zero-order chi connectivity index (χ0) is 29.4. The fraction of sp³-hybridized carbons (Fsp3) is 0.533. The number of carboxylic acids is 1. The molecule has 40 heavy (non-hydrogen) atoms. The van der Waals surface area contributed by atoms with Crippen molar-refractivity contribution in [2.24, 2.45) is 0 Å². The molecule has 0 bridgehead atoms. The van der Waals surface area contributed by atoms with Gasteiger partial charge in [-0.05, 0) is 86.3 Å². The fourth-order valence-electron chi connectivity index (χ4n) is 5.15. The number of benzene rings is 2. The molecule has 1 aliphatic heterocycles. The molecule has 220 valence electrons. The number of aliphatic hydroxyl groups excluding tert-OH is 1. The zero-order valence-corrected chi connectivity index (χ0v) is 24.4. The highest BCUT2D eigenvalue weighted by atomic mass is 16.5. The molecular weight excluding hydrogens is 516 g/mol. The van der Waals surface area contributed by atoms with E-state index < -0.39 is 12.1 Å². The second-order valence-corrected chi connectivity index (χ2v) is 10.2. The number of methoxy groups -OCH3 is 4. The third-order valence-electron chi connectivity index (χ3n) is 7.46. The van der Waals surface area contributed by atoms with Crippen LogP contribution in [0.3, 0.4) is 0 Å². The lowest BCUT2D eigenvalue weighted by Crippen LogP contribution is -2.36. The third-order valence-corrected chi connectivity index (χ3v) is 7.46. The molecule has 0 radical (unpaired) electrons. The van der Waals surface area contributed by atoms with E-state index in [-0.39, 0.29) is 5.91 Å². The Labute approximate surface area is 236 Å². The number of carbonyl (C=O) groups excluding carboxylic acids is 1. The Morgan fingerprint density at radius 1 is 0.975 bits per heavy atom. The van der Waals surface area contributed by atoms with Crippen molar-refractivity contribution in [1.29, 1.82) is 0 Å². The molecule has 0 fully saturated rings. The first-order valence-corrected chi connectivity index (χ1v) is 13.5. The molecule has 10 heteroatoms. The molecule has 2 aromatic rings. The highest BCUT2D eigenvalue weighted by Crippen LogP contribution is 2.42. The standard InChI is InChI=1S/C27H36N2O5.C3H6O3/c1-28(17-21-11-20-14-25(33-4)26(34-5)16-22(20)21)8-6-9-29-10-7-18-12-23(31-2)24(32-3)13-19(18)15-27(29)30;1-2(4)3(5)6/h12-14,16,21H,6-11,15,17H2,1-5H3;2,4H,1H3,(H,5,6)/t21-;/m1./s1. The van der Waals surface area contributed by atoms with E-state index in [0.29, 0.717) is 18.1 Å². The van der Waals surface area contributed by atoms with Crippen LogP contribution in [0.2, 0.25) is 0 Å². The van der Waals surface area contributed by atoms with Crippen LogP contribution in [-0.2, 0) is 28.9 Å². The van der Waals surface area contributed by atoms with Crippen LogP contribution < -0.4 is 18.9 Å².